The van der Waals surface area contributed by atoms with E-state index in [2.05, 4.69) is 11.3 Å². The molecule has 100 valence electrons. The Balaban J connectivity index is 3.23. The quantitative estimate of drug-likeness (QED) is 0.626. The zero-order valence-corrected chi connectivity index (χ0v) is 11.6. The molecule has 0 aliphatic heterocycles. The maximum absolute atomic E-state index is 12.1. The van der Waals surface area contributed by atoms with Crippen LogP contribution in [0.15, 0.2) is 29.2 Å². The molecule has 0 aromatic heterocycles. The number of nitrogens with one attached hydrogen (secondary N) is 1. The lowest BCUT2D eigenvalue weighted by Gasteiger charge is -2.13. The average Bonchev–Trinajstić information content (AvgIpc) is 2.29. The summed E-state index contributed by atoms with van der Waals surface area (Å²) in [5, 5.41) is 0. The number of methoxy groups -OCH3 is 1. The molecular formula is C12H18N2O3S. The second kappa shape index (κ2) is 5.41. The number of anilines is 1. The monoisotopic (exact) mass is 270 g/mol. The second-order valence-electron chi connectivity index (χ2n) is 4.14. The average molecular weight is 270 g/mol. The van der Waals surface area contributed by atoms with E-state index in [1.54, 1.807) is 19.9 Å². The Morgan fingerprint density at radius 1 is 1.50 bits per heavy atom. The smallest absolute Gasteiger partial charge is 0.244 e. The Morgan fingerprint density at radius 2 is 2.11 bits per heavy atom. The van der Waals surface area contributed by atoms with Crippen LogP contribution in [0.4, 0.5) is 5.69 Å². The fourth-order valence-corrected chi connectivity index (χ4v) is 2.62. The first-order valence-electron chi connectivity index (χ1n) is 5.36. The molecule has 0 radical (unpaired) electrons. The van der Waals surface area contributed by atoms with E-state index in [-0.39, 0.29) is 17.2 Å². The van der Waals surface area contributed by atoms with Gasteiger partial charge in [-0.25, -0.2) is 13.1 Å². The van der Waals surface area contributed by atoms with Crippen molar-refractivity contribution < 1.29 is 13.2 Å². The van der Waals surface area contributed by atoms with Gasteiger partial charge in [-0.05, 0) is 31.5 Å². The van der Waals surface area contributed by atoms with Gasteiger partial charge in [0.2, 0.25) is 10.0 Å². The summed E-state index contributed by atoms with van der Waals surface area (Å²) in [5.74, 6) is 0.274. The number of aryl methyl sites for hydroxylation is 1. The van der Waals surface area contributed by atoms with Crippen molar-refractivity contribution in [1.82, 2.24) is 4.72 Å². The van der Waals surface area contributed by atoms with Gasteiger partial charge < -0.3 is 10.5 Å². The Labute approximate surface area is 108 Å². The van der Waals surface area contributed by atoms with Gasteiger partial charge in [0, 0.05) is 12.2 Å². The van der Waals surface area contributed by atoms with Crippen LogP contribution in [-0.2, 0) is 10.0 Å². The van der Waals surface area contributed by atoms with Crippen molar-refractivity contribution in [3.63, 3.8) is 0 Å². The van der Waals surface area contributed by atoms with Gasteiger partial charge in [0.25, 0.3) is 0 Å². The minimum Gasteiger partial charge on any atom is -0.495 e. The highest BCUT2D eigenvalue weighted by Crippen LogP contribution is 2.28. The van der Waals surface area contributed by atoms with Crippen LogP contribution in [0.25, 0.3) is 0 Å². The van der Waals surface area contributed by atoms with E-state index in [0.29, 0.717) is 5.69 Å². The zero-order valence-electron chi connectivity index (χ0n) is 10.8. The van der Waals surface area contributed by atoms with Crippen LogP contribution >= 0.6 is 0 Å². The Morgan fingerprint density at radius 3 is 2.61 bits per heavy atom. The van der Waals surface area contributed by atoms with Crippen LogP contribution in [0.2, 0.25) is 0 Å². The van der Waals surface area contributed by atoms with Crippen molar-refractivity contribution in [3.05, 3.63) is 29.8 Å². The van der Waals surface area contributed by atoms with Crippen molar-refractivity contribution in [1.29, 1.82) is 0 Å². The van der Waals surface area contributed by atoms with Gasteiger partial charge in [-0.1, -0.05) is 12.2 Å². The lowest BCUT2D eigenvalue weighted by atomic mass is 10.2. The van der Waals surface area contributed by atoms with Gasteiger partial charge in [-0.15, -0.1) is 0 Å². The maximum atomic E-state index is 12.1. The highest BCUT2D eigenvalue weighted by Gasteiger charge is 2.20. The van der Waals surface area contributed by atoms with Gasteiger partial charge >= 0.3 is 0 Å². The third-order valence-corrected chi connectivity index (χ3v) is 3.83. The Bertz CT molecular complexity index is 565. The molecule has 0 saturated carbocycles. The number of rotatable bonds is 5. The molecule has 0 aliphatic rings. The molecule has 1 rings (SSSR count). The van der Waals surface area contributed by atoms with E-state index >= 15 is 0 Å². The predicted octanol–water partition coefficient (Wildman–Crippen LogP) is 1.44. The lowest BCUT2D eigenvalue weighted by Crippen LogP contribution is -2.25. The fourth-order valence-electron chi connectivity index (χ4n) is 1.34. The molecule has 0 bridgehead atoms. The van der Waals surface area contributed by atoms with Gasteiger partial charge in [0.1, 0.15) is 10.6 Å². The molecule has 0 fully saturated rings. The molecule has 0 spiro atoms. The largest absolute Gasteiger partial charge is 0.495 e. The maximum Gasteiger partial charge on any atom is 0.244 e. The summed E-state index contributed by atoms with van der Waals surface area (Å²) < 4.78 is 31.7. The molecule has 3 N–H and O–H groups in total. The molecule has 0 heterocycles. The van der Waals surface area contributed by atoms with E-state index in [4.69, 9.17) is 10.5 Å². The molecule has 0 amide bonds. The van der Waals surface area contributed by atoms with Crippen LogP contribution in [0.3, 0.4) is 0 Å². The first kappa shape index (κ1) is 14.5. The fraction of sp³-hybridized carbons (Fsp3) is 0.333. The molecule has 1 aromatic rings. The van der Waals surface area contributed by atoms with E-state index in [1.165, 1.54) is 13.2 Å². The van der Waals surface area contributed by atoms with Gasteiger partial charge in [-0.2, -0.15) is 0 Å². The number of hydrogen-bond donors (Lipinski definition) is 2. The van der Waals surface area contributed by atoms with Crippen LogP contribution in [0.1, 0.15) is 12.5 Å². The van der Waals surface area contributed by atoms with Crippen molar-refractivity contribution >= 4 is 15.7 Å². The highest BCUT2D eigenvalue weighted by molar-refractivity contribution is 7.89. The summed E-state index contributed by atoms with van der Waals surface area (Å²) in [5.41, 5.74) is 7.63. The topological polar surface area (TPSA) is 81.4 Å². The van der Waals surface area contributed by atoms with Crippen molar-refractivity contribution in [3.8, 4) is 5.75 Å². The third kappa shape index (κ3) is 3.24. The van der Waals surface area contributed by atoms with Crippen LogP contribution < -0.4 is 15.2 Å². The molecule has 1 aromatic carbocycles. The first-order chi connectivity index (χ1) is 8.27. The Hall–Kier alpha value is -1.53. The summed E-state index contributed by atoms with van der Waals surface area (Å²) in [4.78, 5) is 0.0364. The molecule has 6 heteroatoms. The minimum atomic E-state index is -3.65. The van der Waals surface area contributed by atoms with Crippen molar-refractivity contribution in [2.45, 2.75) is 18.7 Å². The normalized spacial score (nSPS) is 11.3. The number of nitrogen functional groups attached to an aromatic ring is 1. The lowest BCUT2D eigenvalue weighted by molar-refractivity contribution is 0.402. The molecule has 0 unspecified atom stereocenters. The van der Waals surface area contributed by atoms with Crippen LogP contribution in [-0.4, -0.2) is 22.1 Å². The molecule has 18 heavy (non-hydrogen) atoms. The molecule has 0 aliphatic carbocycles. The van der Waals surface area contributed by atoms with E-state index < -0.39 is 10.0 Å². The van der Waals surface area contributed by atoms with E-state index in [9.17, 15) is 8.42 Å². The summed E-state index contributed by atoms with van der Waals surface area (Å²) in [6, 6.07) is 3.00. The van der Waals surface area contributed by atoms with Crippen molar-refractivity contribution in [2.75, 3.05) is 19.4 Å². The highest BCUT2D eigenvalue weighted by atomic mass is 32.2. The van der Waals surface area contributed by atoms with Gasteiger partial charge in [0.05, 0.1) is 7.11 Å². The SMILES string of the molecule is C=C(C)CNS(=O)(=O)c1cc(N)c(C)cc1OC. The number of sulfonamides is 1. The standard InChI is InChI=1S/C12H18N2O3S/c1-8(2)7-14-18(15,16)12-6-10(13)9(3)5-11(12)17-4/h5-6,14H,1,7,13H2,2-4H3. The number of benzene rings is 1. The number of nitrogens with two attached hydrogens (primary N) is 1. The molecular weight excluding hydrogens is 252 g/mol. The number of ether oxygens (including phenoxy) is 1. The Kier molecular flexibility index (Phi) is 4.37. The van der Waals surface area contributed by atoms with Gasteiger partial charge in [0.15, 0.2) is 0 Å². The first-order valence-corrected chi connectivity index (χ1v) is 6.84. The summed E-state index contributed by atoms with van der Waals surface area (Å²) in [7, 11) is -2.23. The zero-order chi connectivity index (χ0) is 13.9. The minimum absolute atomic E-state index is 0.0364. The predicted molar refractivity (Wildman–Crippen MR) is 72.1 cm³/mol. The second-order valence-corrected chi connectivity index (χ2v) is 5.88. The number of hydrogen-bond acceptors (Lipinski definition) is 4. The van der Waals surface area contributed by atoms with E-state index in [0.717, 1.165) is 11.1 Å². The van der Waals surface area contributed by atoms with Crippen LogP contribution in [0, 0.1) is 6.92 Å². The summed E-state index contributed by atoms with van der Waals surface area (Å²) in [6.45, 7) is 7.35. The molecule has 5 nitrogen and oxygen atoms in total. The third-order valence-electron chi connectivity index (χ3n) is 2.41. The summed E-state index contributed by atoms with van der Waals surface area (Å²) in [6.07, 6.45) is 0. The molecule has 0 saturated heterocycles. The molecule has 0 atom stereocenters. The van der Waals surface area contributed by atoms with Crippen LogP contribution in [0.5, 0.6) is 5.75 Å². The summed E-state index contributed by atoms with van der Waals surface area (Å²) >= 11 is 0. The van der Waals surface area contributed by atoms with E-state index in [1.807, 2.05) is 0 Å². The van der Waals surface area contributed by atoms with Gasteiger partial charge in [-0.3, -0.25) is 0 Å². The van der Waals surface area contributed by atoms with Crippen molar-refractivity contribution in [2.24, 2.45) is 0 Å².